The standard InChI is InChI=1S/C29H35N7O3/c1-5-15-30-27-33-28(31-16-6-2)35-29(34-27)36-23(26(37)39-4)17-21-20-9-7-8-10-22(20)32-24(21)25(36)18-11-13-19(38-3)14-12-18/h7-14,23,25,32H,5-6,15-17H2,1-4H3,(H2,30,31,33,34,35)/t23-,25-/m0/s1. The molecule has 3 heterocycles. The maximum absolute atomic E-state index is 13.4. The van der Waals surface area contributed by atoms with Gasteiger partial charge >= 0.3 is 5.97 Å². The Labute approximate surface area is 228 Å². The van der Waals surface area contributed by atoms with Crippen molar-refractivity contribution in [3.63, 3.8) is 0 Å². The molecule has 0 radical (unpaired) electrons. The van der Waals surface area contributed by atoms with Gasteiger partial charge in [-0.1, -0.05) is 44.2 Å². The number of methoxy groups -OCH3 is 2. The molecule has 204 valence electrons. The molecule has 0 aliphatic carbocycles. The van der Waals surface area contributed by atoms with Crippen LogP contribution in [0.25, 0.3) is 10.9 Å². The number of carbonyl (C=O) groups is 1. The van der Waals surface area contributed by atoms with Crippen LogP contribution in [0.1, 0.15) is 49.6 Å². The van der Waals surface area contributed by atoms with E-state index in [-0.39, 0.29) is 5.97 Å². The summed E-state index contributed by atoms with van der Waals surface area (Å²) in [5.74, 6) is 1.71. The lowest BCUT2D eigenvalue weighted by molar-refractivity contribution is -0.142. The van der Waals surface area contributed by atoms with Gasteiger partial charge in [0, 0.05) is 36.1 Å². The van der Waals surface area contributed by atoms with Crippen molar-refractivity contribution in [3.05, 3.63) is 65.4 Å². The van der Waals surface area contributed by atoms with Crippen LogP contribution < -0.4 is 20.3 Å². The molecule has 1 aliphatic rings. The first-order valence-corrected chi connectivity index (χ1v) is 13.4. The molecule has 0 bridgehead atoms. The second kappa shape index (κ2) is 11.6. The van der Waals surface area contributed by atoms with Crippen LogP contribution >= 0.6 is 0 Å². The van der Waals surface area contributed by atoms with Crippen molar-refractivity contribution in [3.8, 4) is 5.75 Å². The fourth-order valence-corrected chi connectivity index (χ4v) is 5.10. The van der Waals surface area contributed by atoms with Gasteiger partial charge in [0.15, 0.2) is 0 Å². The van der Waals surface area contributed by atoms with E-state index in [1.807, 2.05) is 41.3 Å². The smallest absolute Gasteiger partial charge is 0.328 e. The topological polar surface area (TPSA) is 117 Å². The largest absolute Gasteiger partial charge is 0.497 e. The van der Waals surface area contributed by atoms with Crippen LogP contribution in [-0.2, 0) is 16.0 Å². The molecule has 10 nitrogen and oxygen atoms in total. The Morgan fingerprint density at radius 3 is 2.26 bits per heavy atom. The van der Waals surface area contributed by atoms with Crippen LogP contribution in [0.15, 0.2) is 48.5 Å². The van der Waals surface area contributed by atoms with E-state index in [1.165, 1.54) is 7.11 Å². The number of para-hydroxylation sites is 1. The molecule has 0 fully saturated rings. The minimum absolute atomic E-state index is 0.351. The van der Waals surface area contributed by atoms with E-state index in [1.54, 1.807) is 7.11 Å². The van der Waals surface area contributed by atoms with Crippen LogP contribution in [0.5, 0.6) is 5.75 Å². The van der Waals surface area contributed by atoms with E-state index in [9.17, 15) is 4.79 Å². The van der Waals surface area contributed by atoms with Crippen molar-refractivity contribution in [2.45, 2.75) is 45.2 Å². The molecule has 5 rings (SSSR count). The number of nitrogens with one attached hydrogen (secondary N) is 3. The van der Waals surface area contributed by atoms with Gasteiger partial charge in [-0.2, -0.15) is 15.0 Å². The molecular formula is C29H35N7O3. The number of carbonyl (C=O) groups excluding carboxylic acids is 1. The quantitative estimate of drug-likeness (QED) is 0.251. The molecule has 2 aromatic heterocycles. The Bertz CT molecular complexity index is 1410. The zero-order chi connectivity index (χ0) is 27.4. The fraction of sp³-hybridized carbons (Fsp3) is 0.379. The van der Waals surface area contributed by atoms with E-state index in [0.29, 0.717) is 37.4 Å². The maximum atomic E-state index is 13.4. The maximum Gasteiger partial charge on any atom is 0.328 e. The zero-order valence-electron chi connectivity index (χ0n) is 22.8. The van der Waals surface area contributed by atoms with Crippen LogP contribution in [0.4, 0.5) is 17.8 Å². The number of benzene rings is 2. The van der Waals surface area contributed by atoms with Gasteiger partial charge in [0.05, 0.1) is 20.3 Å². The average molecular weight is 530 g/mol. The second-order valence-corrected chi connectivity index (χ2v) is 9.53. The molecule has 0 amide bonds. The molecule has 39 heavy (non-hydrogen) atoms. The Kier molecular flexibility index (Phi) is 7.81. The predicted octanol–water partition coefficient (Wildman–Crippen LogP) is 4.70. The highest BCUT2D eigenvalue weighted by Crippen LogP contribution is 2.43. The number of H-pyrrole nitrogens is 1. The lowest BCUT2D eigenvalue weighted by Crippen LogP contribution is -2.50. The summed E-state index contributed by atoms with van der Waals surface area (Å²) in [6, 6.07) is 15.0. The minimum atomic E-state index is -0.658. The van der Waals surface area contributed by atoms with Gasteiger partial charge in [0.25, 0.3) is 0 Å². The number of aromatic nitrogens is 4. The average Bonchev–Trinajstić information content (AvgIpc) is 3.36. The molecule has 1 aliphatic heterocycles. The second-order valence-electron chi connectivity index (χ2n) is 9.53. The van der Waals surface area contributed by atoms with E-state index < -0.39 is 12.1 Å². The highest BCUT2D eigenvalue weighted by Gasteiger charge is 2.43. The van der Waals surface area contributed by atoms with Gasteiger partial charge in [0.2, 0.25) is 17.8 Å². The summed E-state index contributed by atoms with van der Waals surface area (Å²) in [6.45, 7) is 5.59. The number of fused-ring (bicyclic) bond motifs is 3. The summed E-state index contributed by atoms with van der Waals surface area (Å²) in [5.41, 5.74) is 4.05. The number of hydrogen-bond donors (Lipinski definition) is 3. The van der Waals surface area contributed by atoms with Gasteiger partial charge < -0.3 is 30.0 Å². The highest BCUT2D eigenvalue weighted by atomic mass is 16.5. The normalized spacial score (nSPS) is 16.6. The monoisotopic (exact) mass is 529 g/mol. The van der Waals surface area contributed by atoms with Gasteiger partial charge in [0.1, 0.15) is 11.8 Å². The summed E-state index contributed by atoms with van der Waals surface area (Å²) in [7, 11) is 3.06. The Hall–Kier alpha value is -4.34. The van der Waals surface area contributed by atoms with E-state index in [4.69, 9.17) is 19.4 Å². The third-order valence-corrected chi connectivity index (χ3v) is 6.96. The van der Waals surface area contributed by atoms with E-state index in [2.05, 4.69) is 46.6 Å². The number of anilines is 3. The first-order valence-electron chi connectivity index (χ1n) is 13.4. The molecule has 2 aromatic carbocycles. The fourth-order valence-electron chi connectivity index (χ4n) is 5.10. The first kappa shape index (κ1) is 26.3. The first-order chi connectivity index (χ1) is 19.1. The van der Waals surface area contributed by atoms with E-state index >= 15 is 0 Å². The molecule has 4 aromatic rings. The molecular weight excluding hydrogens is 494 g/mol. The number of esters is 1. The Balaban J connectivity index is 1.73. The minimum Gasteiger partial charge on any atom is -0.497 e. The molecule has 10 heteroatoms. The third kappa shape index (κ3) is 5.19. The highest BCUT2D eigenvalue weighted by molar-refractivity contribution is 5.89. The predicted molar refractivity (Wildman–Crippen MR) is 153 cm³/mol. The van der Waals surface area contributed by atoms with Gasteiger partial charge in [-0.05, 0) is 42.2 Å². The molecule has 3 N–H and O–H groups in total. The van der Waals surface area contributed by atoms with Crippen LogP contribution in [0.2, 0.25) is 0 Å². The number of ether oxygens (including phenoxy) is 2. The van der Waals surface area contributed by atoms with Crippen molar-refractivity contribution in [2.75, 3.05) is 42.8 Å². The molecule has 0 unspecified atom stereocenters. The van der Waals surface area contributed by atoms with Crippen molar-refractivity contribution in [1.29, 1.82) is 0 Å². The van der Waals surface area contributed by atoms with Crippen molar-refractivity contribution in [2.24, 2.45) is 0 Å². The summed E-state index contributed by atoms with van der Waals surface area (Å²) in [5, 5.41) is 7.67. The summed E-state index contributed by atoms with van der Waals surface area (Å²) < 4.78 is 10.8. The molecule has 0 saturated carbocycles. The van der Waals surface area contributed by atoms with Gasteiger partial charge in [-0.3, -0.25) is 0 Å². The Morgan fingerprint density at radius 2 is 1.64 bits per heavy atom. The number of rotatable bonds is 10. The lowest BCUT2D eigenvalue weighted by atomic mass is 9.88. The zero-order valence-corrected chi connectivity index (χ0v) is 22.8. The molecule has 0 spiro atoms. The van der Waals surface area contributed by atoms with Crippen molar-refractivity contribution < 1.29 is 14.3 Å². The molecule has 0 saturated heterocycles. The van der Waals surface area contributed by atoms with Gasteiger partial charge in [-0.15, -0.1) is 0 Å². The van der Waals surface area contributed by atoms with Crippen molar-refractivity contribution >= 4 is 34.7 Å². The van der Waals surface area contributed by atoms with Crippen LogP contribution in [0, 0.1) is 0 Å². The van der Waals surface area contributed by atoms with Crippen LogP contribution in [-0.4, -0.2) is 59.3 Å². The summed E-state index contributed by atoms with van der Waals surface area (Å²) >= 11 is 0. The number of hydrogen-bond acceptors (Lipinski definition) is 9. The number of aromatic amines is 1. The summed E-state index contributed by atoms with van der Waals surface area (Å²) in [6.07, 6.45) is 2.28. The lowest BCUT2D eigenvalue weighted by Gasteiger charge is -2.41. The van der Waals surface area contributed by atoms with E-state index in [0.717, 1.165) is 46.3 Å². The molecule has 2 atom stereocenters. The van der Waals surface area contributed by atoms with Gasteiger partial charge in [-0.25, -0.2) is 4.79 Å². The van der Waals surface area contributed by atoms with Crippen LogP contribution in [0.3, 0.4) is 0 Å². The third-order valence-electron chi connectivity index (χ3n) is 6.96. The number of nitrogens with zero attached hydrogens (tertiary/aromatic N) is 4. The SMILES string of the molecule is CCCNc1nc(NCCC)nc(N2[C@@H](c3ccc(OC)cc3)c3[nH]c4ccccc4c3C[C@H]2C(=O)OC)n1. The summed E-state index contributed by atoms with van der Waals surface area (Å²) in [4.78, 5) is 33.2. The Morgan fingerprint density at radius 1 is 0.974 bits per heavy atom. The van der Waals surface area contributed by atoms with Crippen molar-refractivity contribution in [1.82, 2.24) is 19.9 Å².